The molecule has 2 heterocycles. The predicted molar refractivity (Wildman–Crippen MR) is 71.8 cm³/mol. The van der Waals surface area contributed by atoms with Gasteiger partial charge in [-0.15, -0.1) is 0 Å². The minimum Gasteiger partial charge on any atom is -0.374 e. The Morgan fingerprint density at radius 2 is 2.33 bits per heavy atom. The normalized spacial score (nSPS) is 21.2. The third-order valence-corrected chi connectivity index (χ3v) is 3.13. The van der Waals surface area contributed by atoms with Crippen LogP contribution in [0.2, 0.25) is 0 Å². The van der Waals surface area contributed by atoms with E-state index in [4.69, 9.17) is 4.74 Å². The van der Waals surface area contributed by atoms with E-state index in [-0.39, 0.29) is 6.10 Å². The Balaban J connectivity index is 1.87. The molecule has 2 rings (SSSR count). The molecule has 1 aliphatic rings. The molecule has 0 aromatic carbocycles. The lowest BCUT2D eigenvalue weighted by Crippen LogP contribution is -2.43. The van der Waals surface area contributed by atoms with E-state index in [0.717, 1.165) is 37.8 Å². The van der Waals surface area contributed by atoms with Crippen molar-refractivity contribution in [3.63, 3.8) is 0 Å². The van der Waals surface area contributed by atoms with E-state index in [1.807, 2.05) is 6.07 Å². The van der Waals surface area contributed by atoms with Gasteiger partial charge < -0.3 is 15.0 Å². The van der Waals surface area contributed by atoms with E-state index in [1.54, 1.807) is 6.33 Å². The van der Waals surface area contributed by atoms with E-state index in [1.165, 1.54) is 0 Å². The Morgan fingerprint density at radius 3 is 3.06 bits per heavy atom. The number of hydrogen-bond donors (Lipinski definition) is 1. The molecule has 18 heavy (non-hydrogen) atoms. The standard InChI is InChI=1S/C13H22N4O/c1-10(2)12-6-13(16-9-15-12)14-7-11-8-17(3)4-5-18-11/h6,9-11H,4-5,7-8H2,1-3H3,(H,14,15,16). The zero-order chi connectivity index (χ0) is 13.0. The van der Waals surface area contributed by atoms with Crippen LogP contribution < -0.4 is 5.32 Å². The highest BCUT2D eigenvalue weighted by molar-refractivity contribution is 5.35. The van der Waals surface area contributed by atoms with Crippen LogP contribution in [-0.4, -0.2) is 54.3 Å². The van der Waals surface area contributed by atoms with E-state index < -0.39 is 0 Å². The maximum absolute atomic E-state index is 5.70. The van der Waals surface area contributed by atoms with Gasteiger partial charge in [0, 0.05) is 31.4 Å². The summed E-state index contributed by atoms with van der Waals surface area (Å²) in [6.07, 6.45) is 1.85. The number of nitrogens with one attached hydrogen (secondary N) is 1. The van der Waals surface area contributed by atoms with Gasteiger partial charge in [0.05, 0.1) is 12.7 Å². The summed E-state index contributed by atoms with van der Waals surface area (Å²) in [5, 5.41) is 3.33. The molecule has 1 atom stereocenters. The molecule has 1 aromatic rings. The van der Waals surface area contributed by atoms with Crippen molar-refractivity contribution in [3.8, 4) is 0 Å². The van der Waals surface area contributed by atoms with Gasteiger partial charge in [0.2, 0.25) is 0 Å². The average Bonchev–Trinajstić information content (AvgIpc) is 2.37. The van der Waals surface area contributed by atoms with Gasteiger partial charge >= 0.3 is 0 Å². The lowest BCUT2D eigenvalue weighted by atomic mass is 10.1. The molecule has 0 saturated carbocycles. The molecule has 1 unspecified atom stereocenters. The Kier molecular flexibility index (Phi) is 4.49. The number of nitrogens with zero attached hydrogens (tertiary/aromatic N) is 3. The minimum atomic E-state index is 0.237. The van der Waals surface area contributed by atoms with Crippen LogP contribution in [-0.2, 0) is 4.74 Å². The fourth-order valence-corrected chi connectivity index (χ4v) is 1.99. The van der Waals surface area contributed by atoms with Crippen LogP contribution in [0.15, 0.2) is 12.4 Å². The molecule has 1 N–H and O–H groups in total. The van der Waals surface area contributed by atoms with Crippen molar-refractivity contribution in [1.29, 1.82) is 0 Å². The highest BCUT2D eigenvalue weighted by atomic mass is 16.5. The molecule has 0 radical (unpaired) electrons. The lowest BCUT2D eigenvalue weighted by Gasteiger charge is -2.30. The van der Waals surface area contributed by atoms with Crippen molar-refractivity contribution in [2.24, 2.45) is 0 Å². The number of ether oxygens (including phenoxy) is 1. The van der Waals surface area contributed by atoms with Gasteiger partial charge in [-0.05, 0) is 13.0 Å². The first-order valence-electron chi connectivity index (χ1n) is 6.51. The zero-order valence-electron chi connectivity index (χ0n) is 11.4. The van der Waals surface area contributed by atoms with Gasteiger partial charge in [0.25, 0.3) is 0 Å². The van der Waals surface area contributed by atoms with Crippen molar-refractivity contribution in [3.05, 3.63) is 18.1 Å². The highest BCUT2D eigenvalue weighted by Crippen LogP contribution is 2.14. The highest BCUT2D eigenvalue weighted by Gasteiger charge is 2.17. The van der Waals surface area contributed by atoms with Crippen molar-refractivity contribution >= 4 is 5.82 Å². The number of anilines is 1. The Bertz CT molecular complexity index is 383. The maximum atomic E-state index is 5.70. The molecule has 5 nitrogen and oxygen atoms in total. The molecule has 0 spiro atoms. The van der Waals surface area contributed by atoms with Crippen LogP contribution in [0, 0.1) is 0 Å². The van der Waals surface area contributed by atoms with E-state index in [0.29, 0.717) is 5.92 Å². The molecule has 5 heteroatoms. The van der Waals surface area contributed by atoms with Gasteiger partial charge in [0.15, 0.2) is 0 Å². The predicted octanol–water partition coefficient (Wildman–Crippen LogP) is 1.34. The summed E-state index contributed by atoms with van der Waals surface area (Å²) in [5.41, 5.74) is 1.06. The van der Waals surface area contributed by atoms with Gasteiger partial charge in [-0.3, -0.25) is 0 Å². The molecule has 1 aromatic heterocycles. The van der Waals surface area contributed by atoms with Crippen molar-refractivity contribution in [2.45, 2.75) is 25.9 Å². The monoisotopic (exact) mass is 250 g/mol. The van der Waals surface area contributed by atoms with Crippen LogP contribution in [0.5, 0.6) is 0 Å². The fourth-order valence-electron chi connectivity index (χ4n) is 1.99. The van der Waals surface area contributed by atoms with E-state index >= 15 is 0 Å². The second-order valence-electron chi connectivity index (χ2n) is 5.12. The lowest BCUT2D eigenvalue weighted by molar-refractivity contribution is -0.0117. The molecule has 0 bridgehead atoms. The van der Waals surface area contributed by atoms with Crippen molar-refractivity contribution in [2.75, 3.05) is 38.6 Å². The third kappa shape index (κ3) is 3.65. The van der Waals surface area contributed by atoms with Crippen LogP contribution >= 0.6 is 0 Å². The zero-order valence-corrected chi connectivity index (χ0v) is 11.4. The first-order valence-corrected chi connectivity index (χ1v) is 6.51. The number of likely N-dealkylation sites (N-methyl/N-ethyl adjacent to an activating group) is 1. The summed E-state index contributed by atoms with van der Waals surface area (Å²) in [4.78, 5) is 10.8. The van der Waals surface area contributed by atoms with Crippen molar-refractivity contribution in [1.82, 2.24) is 14.9 Å². The van der Waals surface area contributed by atoms with E-state index in [9.17, 15) is 0 Å². The van der Waals surface area contributed by atoms with Crippen molar-refractivity contribution < 1.29 is 4.74 Å². The summed E-state index contributed by atoms with van der Waals surface area (Å²) < 4.78 is 5.70. The first-order chi connectivity index (χ1) is 8.65. The average molecular weight is 250 g/mol. The number of hydrogen-bond acceptors (Lipinski definition) is 5. The first kappa shape index (κ1) is 13.2. The third-order valence-electron chi connectivity index (χ3n) is 3.13. The van der Waals surface area contributed by atoms with Crippen LogP contribution in [0.4, 0.5) is 5.82 Å². The van der Waals surface area contributed by atoms with Crippen LogP contribution in [0.1, 0.15) is 25.5 Å². The molecule has 100 valence electrons. The van der Waals surface area contributed by atoms with Gasteiger partial charge in [0.1, 0.15) is 12.1 Å². The van der Waals surface area contributed by atoms with E-state index in [2.05, 4.69) is 41.1 Å². The summed E-state index contributed by atoms with van der Waals surface area (Å²) in [5.74, 6) is 1.30. The Morgan fingerprint density at radius 1 is 1.50 bits per heavy atom. The molecule has 1 fully saturated rings. The summed E-state index contributed by atoms with van der Waals surface area (Å²) >= 11 is 0. The molecular weight excluding hydrogens is 228 g/mol. The number of aromatic nitrogens is 2. The topological polar surface area (TPSA) is 50.3 Å². The Hall–Kier alpha value is -1.20. The number of rotatable bonds is 4. The molecule has 0 aliphatic carbocycles. The van der Waals surface area contributed by atoms with Crippen LogP contribution in [0.25, 0.3) is 0 Å². The SMILES string of the molecule is CC(C)c1cc(NCC2CN(C)CCO2)ncn1. The number of morpholine rings is 1. The maximum Gasteiger partial charge on any atom is 0.129 e. The molecular formula is C13H22N4O. The summed E-state index contributed by atoms with van der Waals surface area (Å²) in [6.45, 7) is 7.84. The Labute approximate surface area is 109 Å². The minimum absolute atomic E-state index is 0.237. The van der Waals surface area contributed by atoms with Gasteiger partial charge in [-0.2, -0.15) is 0 Å². The smallest absolute Gasteiger partial charge is 0.129 e. The summed E-state index contributed by atoms with van der Waals surface area (Å²) in [6, 6.07) is 2.01. The second kappa shape index (κ2) is 6.11. The fraction of sp³-hybridized carbons (Fsp3) is 0.692. The largest absolute Gasteiger partial charge is 0.374 e. The van der Waals surface area contributed by atoms with Gasteiger partial charge in [-0.1, -0.05) is 13.8 Å². The molecule has 1 aliphatic heterocycles. The van der Waals surface area contributed by atoms with Crippen LogP contribution in [0.3, 0.4) is 0 Å². The summed E-state index contributed by atoms with van der Waals surface area (Å²) in [7, 11) is 2.12. The quantitative estimate of drug-likeness (QED) is 0.874. The molecule has 0 amide bonds. The molecule has 1 saturated heterocycles. The van der Waals surface area contributed by atoms with Gasteiger partial charge in [-0.25, -0.2) is 9.97 Å². The second-order valence-corrected chi connectivity index (χ2v) is 5.12.